The molecule has 0 radical (unpaired) electrons. The molecule has 0 spiro atoms. The van der Waals surface area contributed by atoms with Crippen molar-refractivity contribution < 1.29 is 0 Å². The van der Waals surface area contributed by atoms with Crippen molar-refractivity contribution in [3.8, 4) is 0 Å². The first-order chi connectivity index (χ1) is 16.2. The van der Waals surface area contributed by atoms with Gasteiger partial charge in [-0.15, -0.1) is 0 Å². The van der Waals surface area contributed by atoms with Gasteiger partial charge in [-0.25, -0.2) is 4.98 Å². The Hall–Kier alpha value is -3.59. The number of aryl methyl sites for hydroxylation is 4. The summed E-state index contributed by atoms with van der Waals surface area (Å²) in [6, 6.07) is 14.9. The Labute approximate surface area is 203 Å². The quantitative estimate of drug-likeness (QED) is 0.290. The fourth-order valence-electron chi connectivity index (χ4n) is 4.45. The lowest BCUT2D eigenvalue weighted by atomic mass is 9.99. The summed E-state index contributed by atoms with van der Waals surface area (Å²) in [7, 11) is 0. The molecule has 0 bridgehead atoms. The molecule has 0 aliphatic heterocycles. The molecule has 0 aliphatic carbocycles. The van der Waals surface area contributed by atoms with Crippen LogP contribution < -0.4 is 0 Å². The van der Waals surface area contributed by atoms with Gasteiger partial charge in [0.15, 0.2) is 0 Å². The molecule has 3 nitrogen and oxygen atoms in total. The summed E-state index contributed by atoms with van der Waals surface area (Å²) in [4.78, 5) is 14.7. The van der Waals surface area contributed by atoms with E-state index in [-0.39, 0.29) is 0 Å². The second-order valence-electron chi connectivity index (χ2n) is 9.39. The van der Waals surface area contributed by atoms with E-state index in [9.17, 15) is 0 Å². The van der Waals surface area contributed by atoms with Crippen molar-refractivity contribution in [1.82, 2.24) is 4.98 Å². The Kier molecular flexibility index (Phi) is 6.47. The number of hydrogen-bond donors (Lipinski definition) is 0. The zero-order valence-electron chi connectivity index (χ0n) is 21.5. The van der Waals surface area contributed by atoms with Gasteiger partial charge in [-0.3, -0.25) is 9.98 Å². The van der Waals surface area contributed by atoms with E-state index in [1.807, 2.05) is 18.5 Å². The Balaban J connectivity index is 1.82. The third-order valence-electron chi connectivity index (χ3n) is 7.08. The predicted molar refractivity (Wildman–Crippen MR) is 147 cm³/mol. The molecule has 0 saturated carbocycles. The van der Waals surface area contributed by atoms with E-state index in [2.05, 4.69) is 91.8 Å². The summed E-state index contributed by atoms with van der Waals surface area (Å²) in [6.45, 7) is 17.1. The Morgan fingerprint density at radius 3 is 1.59 bits per heavy atom. The van der Waals surface area contributed by atoms with Gasteiger partial charge in [0.25, 0.3) is 0 Å². The molecule has 3 heteroatoms. The summed E-state index contributed by atoms with van der Waals surface area (Å²) >= 11 is 0. The Morgan fingerprint density at radius 2 is 1.06 bits per heavy atom. The first-order valence-corrected chi connectivity index (χ1v) is 11.8. The molecule has 172 valence electrons. The third-order valence-corrected chi connectivity index (χ3v) is 7.08. The topological polar surface area (TPSA) is 37.6 Å². The van der Waals surface area contributed by atoms with E-state index in [1.54, 1.807) is 0 Å². The average Bonchev–Trinajstić information content (AvgIpc) is 2.81. The minimum atomic E-state index is 0.826. The van der Waals surface area contributed by atoms with E-state index in [0.717, 1.165) is 33.5 Å². The molecule has 1 heterocycles. The maximum Gasteiger partial charge on any atom is 0.0898 e. The highest BCUT2D eigenvalue weighted by molar-refractivity contribution is 6.01. The lowest BCUT2D eigenvalue weighted by molar-refractivity contribution is 1.22. The SMILES string of the molecule is Cc1cc(C)c(C)c(N=Cc2cc3ccccc3c(C=Nc3c(C)c(C)cc(C)c3C)n2)c1C. The lowest BCUT2D eigenvalue weighted by Crippen LogP contribution is -1.97. The van der Waals surface area contributed by atoms with Gasteiger partial charge < -0.3 is 0 Å². The number of benzene rings is 3. The van der Waals surface area contributed by atoms with Crippen molar-refractivity contribution in [2.45, 2.75) is 55.4 Å². The average molecular weight is 448 g/mol. The van der Waals surface area contributed by atoms with Crippen LogP contribution in [0.3, 0.4) is 0 Å². The monoisotopic (exact) mass is 447 g/mol. The van der Waals surface area contributed by atoms with Crippen LogP contribution in [0.5, 0.6) is 0 Å². The van der Waals surface area contributed by atoms with Crippen LogP contribution in [-0.4, -0.2) is 17.4 Å². The predicted octanol–water partition coefficient (Wildman–Crippen LogP) is 8.20. The number of aliphatic imine (C=N–C) groups is 2. The minimum absolute atomic E-state index is 0.826. The van der Waals surface area contributed by atoms with Crippen LogP contribution in [-0.2, 0) is 0 Å². The van der Waals surface area contributed by atoms with Crippen molar-refractivity contribution in [2.24, 2.45) is 9.98 Å². The molecular formula is C31H33N3. The van der Waals surface area contributed by atoms with Crippen LogP contribution in [0.2, 0.25) is 0 Å². The summed E-state index contributed by atoms with van der Waals surface area (Å²) in [6.07, 6.45) is 3.78. The molecule has 0 amide bonds. The van der Waals surface area contributed by atoms with Crippen LogP contribution in [0.1, 0.15) is 55.9 Å². The first-order valence-electron chi connectivity index (χ1n) is 11.8. The van der Waals surface area contributed by atoms with Crippen molar-refractivity contribution in [3.05, 3.63) is 98.4 Å². The molecule has 0 aliphatic rings. The number of nitrogens with zero attached hydrogens (tertiary/aromatic N) is 3. The van der Waals surface area contributed by atoms with Crippen molar-refractivity contribution in [1.29, 1.82) is 0 Å². The zero-order chi connectivity index (χ0) is 24.6. The van der Waals surface area contributed by atoms with E-state index >= 15 is 0 Å². The normalized spacial score (nSPS) is 11.9. The van der Waals surface area contributed by atoms with Crippen LogP contribution >= 0.6 is 0 Å². The molecule has 3 aromatic carbocycles. The maximum absolute atomic E-state index is 4.94. The number of pyridine rings is 1. The zero-order valence-corrected chi connectivity index (χ0v) is 21.5. The highest BCUT2D eigenvalue weighted by Crippen LogP contribution is 2.31. The summed E-state index contributed by atoms with van der Waals surface area (Å²) < 4.78 is 0. The van der Waals surface area contributed by atoms with E-state index in [1.165, 1.54) is 44.5 Å². The first kappa shape index (κ1) is 23.6. The summed E-state index contributed by atoms with van der Waals surface area (Å²) in [5.74, 6) is 0. The van der Waals surface area contributed by atoms with Crippen molar-refractivity contribution >= 4 is 34.6 Å². The van der Waals surface area contributed by atoms with E-state index in [0.29, 0.717) is 0 Å². The maximum atomic E-state index is 4.94. The van der Waals surface area contributed by atoms with Gasteiger partial charge in [0.05, 0.1) is 35.2 Å². The van der Waals surface area contributed by atoms with Crippen LogP contribution in [0.4, 0.5) is 11.4 Å². The Bertz CT molecular complexity index is 1420. The van der Waals surface area contributed by atoms with Gasteiger partial charge >= 0.3 is 0 Å². The lowest BCUT2D eigenvalue weighted by Gasteiger charge is -2.12. The van der Waals surface area contributed by atoms with Gasteiger partial charge in [-0.1, -0.05) is 36.4 Å². The highest BCUT2D eigenvalue weighted by atomic mass is 14.8. The Morgan fingerprint density at radius 1 is 0.588 bits per heavy atom. The van der Waals surface area contributed by atoms with Crippen LogP contribution in [0.25, 0.3) is 10.8 Å². The van der Waals surface area contributed by atoms with Crippen molar-refractivity contribution in [3.63, 3.8) is 0 Å². The standard InChI is InChI=1S/C31H33N3/c1-18-13-19(2)23(6)30(22(18)5)32-16-27-15-26-11-9-10-12-28(26)29(34-27)17-33-31-24(7)20(3)14-21(4)25(31)8/h9-17H,1-8H3. The molecule has 0 N–H and O–H groups in total. The largest absolute Gasteiger partial charge is 0.254 e. The second kappa shape index (κ2) is 9.34. The van der Waals surface area contributed by atoms with E-state index < -0.39 is 0 Å². The number of hydrogen-bond acceptors (Lipinski definition) is 3. The molecule has 0 unspecified atom stereocenters. The van der Waals surface area contributed by atoms with Crippen LogP contribution in [0, 0.1) is 55.4 Å². The van der Waals surface area contributed by atoms with Gasteiger partial charge in [0.2, 0.25) is 0 Å². The van der Waals surface area contributed by atoms with Crippen LogP contribution in [0.15, 0.2) is 52.4 Å². The molecule has 1 aromatic heterocycles. The molecular weight excluding hydrogens is 414 g/mol. The van der Waals surface area contributed by atoms with Crippen molar-refractivity contribution in [2.75, 3.05) is 0 Å². The number of aromatic nitrogens is 1. The van der Waals surface area contributed by atoms with Gasteiger partial charge in [0.1, 0.15) is 0 Å². The third kappa shape index (κ3) is 4.43. The molecule has 34 heavy (non-hydrogen) atoms. The fourth-order valence-corrected chi connectivity index (χ4v) is 4.45. The van der Waals surface area contributed by atoms with Gasteiger partial charge in [-0.2, -0.15) is 0 Å². The smallest absolute Gasteiger partial charge is 0.0898 e. The summed E-state index contributed by atoms with van der Waals surface area (Å²) in [5, 5.41) is 2.21. The molecule has 4 rings (SSSR count). The fraction of sp³-hybridized carbons (Fsp3) is 0.258. The molecule has 0 atom stereocenters. The molecule has 0 fully saturated rings. The summed E-state index contributed by atoms with van der Waals surface area (Å²) in [5.41, 5.74) is 13.6. The second-order valence-corrected chi connectivity index (χ2v) is 9.39. The van der Waals surface area contributed by atoms with E-state index in [4.69, 9.17) is 15.0 Å². The molecule has 0 saturated heterocycles. The number of rotatable bonds is 4. The molecule has 4 aromatic rings. The highest BCUT2D eigenvalue weighted by Gasteiger charge is 2.10. The van der Waals surface area contributed by atoms with Gasteiger partial charge in [-0.05, 0) is 111 Å². The minimum Gasteiger partial charge on any atom is -0.254 e. The van der Waals surface area contributed by atoms with Gasteiger partial charge in [0, 0.05) is 5.39 Å². The number of fused-ring (bicyclic) bond motifs is 1.